The van der Waals surface area contributed by atoms with Crippen LogP contribution in [0.25, 0.3) is 0 Å². The SMILES string of the molecule is CC(CN(C)C(=O)OC(C)(C)C)S(=O)(=O)c1ncccn1. The van der Waals surface area contributed by atoms with Crippen LogP contribution < -0.4 is 0 Å². The molecule has 0 saturated heterocycles. The second-order valence-electron chi connectivity index (χ2n) is 5.75. The molecule has 1 aromatic rings. The van der Waals surface area contributed by atoms with Gasteiger partial charge in [-0.15, -0.1) is 0 Å². The summed E-state index contributed by atoms with van der Waals surface area (Å²) < 4.78 is 29.7. The fourth-order valence-electron chi connectivity index (χ4n) is 1.51. The zero-order chi connectivity index (χ0) is 16.3. The third kappa shape index (κ3) is 4.96. The van der Waals surface area contributed by atoms with Crippen molar-refractivity contribution >= 4 is 15.9 Å². The van der Waals surface area contributed by atoms with Gasteiger partial charge in [0.05, 0.1) is 5.25 Å². The van der Waals surface area contributed by atoms with E-state index in [0.29, 0.717) is 0 Å². The van der Waals surface area contributed by atoms with Gasteiger partial charge in [-0.3, -0.25) is 0 Å². The lowest BCUT2D eigenvalue weighted by Crippen LogP contribution is -2.40. The summed E-state index contributed by atoms with van der Waals surface area (Å²) in [7, 11) is -2.19. The van der Waals surface area contributed by atoms with Crippen molar-refractivity contribution in [3.8, 4) is 0 Å². The summed E-state index contributed by atoms with van der Waals surface area (Å²) in [6, 6.07) is 1.54. The van der Waals surface area contributed by atoms with Crippen LogP contribution in [-0.4, -0.2) is 53.8 Å². The summed E-state index contributed by atoms with van der Waals surface area (Å²) in [5.74, 6) is 0. The Labute approximate surface area is 125 Å². The first-order chi connectivity index (χ1) is 9.54. The number of aromatic nitrogens is 2. The maximum Gasteiger partial charge on any atom is 0.410 e. The molecular weight excluding hydrogens is 294 g/mol. The molecule has 0 spiro atoms. The molecule has 8 heteroatoms. The van der Waals surface area contributed by atoms with E-state index in [1.807, 2.05) is 0 Å². The third-order valence-corrected chi connectivity index (χ3v) is 4.49. The highest BCUT2D eigenvalue weighted by Crippen LogP contribution is 2.14. The fourth-order valence-corrected chi connectivity index (χ4v) is 2.71. The molecule has 0 bridgehead atoms. The molecule has 0 aliphatic rings. The number of nitrogens with zero attached hydrogens (tertiary/aromatic N) is 3. The van der Waals surface area contributed by atoms with E-state index in [-0.39, 0.29) is 11.7 Å². The molecule has 0 aliphatic carbocycles. The molecule has 0 N–H and O–H groups in total. The van der Waals surface area contributed by atoms with Crippen LogP contribution in [0, 0.1) is 0 Å². The highest BCUT2D eigenvalue weighted by Gasteiger charge is 2.29. The van der Waals surface area contributed by atoms with Crippen molar-refractivity contribution in [2.75, 3.05) is 13.6 Å². The van der Waals surface area contributed by atoms with Crippen LogP contribution in [-0.2, 0) is 14.6 Å². The van der Waals surface area contributed by atoms with Gasteiger partial charge in [-0.25, -0.2) is 23.2 Å². The first-order valence-electron chi connectivity index (χ1n) is 6.49. The van der Waals surface area contributed by atoms with E-state index in [1.54, 1.807) is 20.8 Å². The average Bonchev–Trinajstić information content (AvgIpc) is 2.37. The molecule has 21 heavy (non-hydrogen) atoms. The Balaban J connectivity index is 2.77. The lowest BCUT2D eigenvalue weighted by molar-refractivity contribution is 0.0300. The number of rotatable bonds is 4. The lowest BCUT2D eigenvalue weighted by atomic mass is 10.2. The zero-order valence-electron chi connectivity index (χ0n) is 12.9. The quantitative estimate of drug-likeness (QED) is 0.782. The Hall–Kier alpha value is -1.70. The smallest absolute Gasteiger partial charge is 0.410 e. The Morgan fingerprint density at radius 1 is 1.33 bits per heavy atom. The van der Waals surface area contributed by atoms with Crippen LogP contribution >= 0.6 is 0 Å². The average molecular weight is 315 g/mol. The predicted octanol–water partition coefficient (Wildman–Crippen LogP) is 1.51. The Morgan fingerprint density at radius 2 is 1.86 bits per heavy atom. The molecule has 1 heterocycles. The molecule has 0 radical (unpaired) electrons. The van der Waals surface area contributed by atoms with E-state index in [2.05, 4.69) is 9.97 Å². The molecular formula is C13H21N3O4S. The van der Waals surface area contributed by atoms with Crippen LogP contribution in [0.5, 0.6) is 0 Å². The number of carbonyl (C=O) groups excluding carboxylic acids is 1. The van der Waals surface area contributed by atoms with Crippen LogP contribution in [0.3, 0.4) is 0 Å². The predicted molar refractivity (Wildman–Crippen MR) is 77.5 cm³/mol. The Morgan fingerprint density at radius 3 is 2.33 bits per heavy atom. The minimum absolute atomic E-state index is 0.00446. The summed E-state index contributed by atoms with van der Waals surface area (Å²) in [6.45, 7) is 6.74. The monoisotopic (exact) mass is 315 g/mol. The number of sulfone groups is 1. The summed E-state index contributed by atoms with van der Waals surface area (Å²) in [5.41, 5.74) is -0.629. The van der Waals surface area contributed by atoms with Crippen molar-refractivity contribution < 1.29 is 17.9 Å². The molecule has 0 aliphatic heterocycles. The Bertz CT molecular complexity index is 581. The summed E-state index contributed by atoms with van der Waals surface area (Å²) in [6.07, 6.45) is 2.16. The molecule has 1 amide bonds. The van der Waals surface area contributed by atoms with E-state index in [4.69, 9.17) is 4.74 Å². The topological polar surface area (TPSA) is 89.5 Å². The van der Waals surface area contributed by atoms with Gasteiger partial charge in [0.15, 0.2) is 0 Å². The van der Waals surface area contributed by atoms with E-state index in [1.165, 1.54) is 37.3 Å². The van der Waals surface area contributed by atoms with Gasteiger partial charge in [0.1, 0.15) is 5.60 Å². The van der Waals surface area contributed by atoms with Crippen molar-refractivity contribution in [2.45, 2.75) is 43.7 Å². The van der Waals surface area contributed by atoms with Crippen molar-refractivity contribution in [1.29, 1.82) is 0 Å². The molecule has 7 nitrogen and oxygen atoms in total. The van der Waals surface area contributed by atoms with Crippen molar-refractivity contribution in [3.63, 3.8) is 0 Å². The van der Waals surface area contributed by atoms with Gasteiger partial charge in [-0.05, 0) is 33.8 Å². The second-order valence-corrected chi connectivity index (χ2v) is 8.01. The number of ether oxygens (including phenoxy) is 1. The number of carbonyl (C=O) groups is 1. The van der Waals surface area contributed by atoms with Gasteiger partial charge in [-0.1, -0.05) is 0 Å². The highest BCUT2D eigenvalue weighted by molar-refractivity contribution is 7.91. The second kappa shape index (κ2) is 6.38. The van der Waals surface area contributed by atoms with Crippen LogP contribution in [0.4, 0.5) is 4.79 Å². The van der Waals surface area contributed by atoms with Crippen LogP contribution in [0.15, 0.2) is 23.6 Å². The summed E-state index contributed by atoms with van der Waals surface area (Å²) >= 11 is 0. The molecule has 1 aromatic heterocycles. The van der Waals surface area contributed by atoms with Gasteiger partial charge in [0.25, 0.3) is 0 Å². The minimum atomic E-state index is -3.68. The number of hydrogen-bond donors (Lipinski definition) is 0. The van der Waals surface area contributed by atoms with Gasteiger partial charge < -0.3 is 9.64 Å². The summed E-state index contributed by atoms with van der Waals surface area (Å²) in [5, 5.41) is -1.08. The van der Waals surface area contributed by atoms with Crippen molar-refractivity contribution in [3.05, 3.63) is 18.5 Å². The van der Waals surface area contributed by atoms with E-state index in [0.717, 1.165) is 0 Å². The van der Waals surface area contributed by atoms with Gasteiger partial charge in [-0.2, -0.15) is 0 Å². The van der Waals surface area contributed by atoms with Gasteiger partial charge in [0, 0.05) is 26.0 Å². The normalized spacial score (nSPS) is 13.6. The summed E-state index contributed by atoms with van der Waals surface area (Å²) in [4.78, 5) is 20.6. The van der Waals surface area contributed by atoms with Gasteiger partial charge in [0.2, 0.25) is 15.0 Å². The van der Waals surface area contributed by atoms with E-state index < -0.39 is 26.8 Å². The molecule has 1 rings (SSSR count). The Kier molecular flexibility index (Phi) is 5.27. The standard InChI is InChI=1S/C13H21N3O4S/c1-10(9-16(5)12(17)20-13(2,3)4)21(18,19)11-14-7-6-8-15-11/h6-8,10H,9H2,1-5H3. The maximum absolute atomic E-state index is 12.3. The molecule has 1 unspecified atom stereocenters. The van der Waals surface area contributed by atoms with Crippen molar-refractivity contribution in [1.82, 2.24) is 14.9 Å². The van der Waals surface area contributed by atoms with E-state index in [9.17, 15) is 13.2 Å². The molecule has 0 aromatic carbocycles. The number of hydrogen-bond acceptors (Lipinski definition) is 6. The zero-order valence-corrected chi connectivity index (χ0v) is 13.7. The largest absolute Gasteiger partial charge is 0.444 e. The lowest BCUT2D eigenvalue weighted by Gasteiger charge is -2.26. The fraction of sp³-hybridized carbons (Fsp3) is 0.615. The first-order valence-corrected chi connectivity index (χ1v) is 8.03. The van der Waals surface area contributed by atoms with E-state index >= 15 is 0 Å². The van der Waals surface area contributed by atoms with Crippen LogP contribution in [0.2, 0.25) is 0 Å². The maximum atomic E-state index is 12.3. The van der Waals surface area contributed by atoms with Gasteiger partial charge >= 0.3 is 6.09 Å². The molecule has 1 atom stereocenters. The minimum Gasteiger partial charge on any atom is -0.444 e. The van der Waals surface area contributed by atoms with Crippen LogP contribution in [0.1, 0.15) is 27.7 Å². The van der Waals surface area contributed by atoms with Crippen molar-refractivity contribution in [2.24, 2.45) is 0 Å². The third-order valence-electron chi connectivity index (χ3n) is 2.56. The molecule has 118 valence electrons. The molecule has 0 saturated carbocycles. The number of amides is 1. The first kappa shape index (κ1) is 17.4. The molecule has 0 fully saturated rings. The highest BCUT2D eigenvalue weighted by atomic mass is 32.2.